The molecule has 3 aromatic rings. The summed E-state index contributed by atoms with van der Waals surface area (Å²) in [4.78, 5) is 16.0. The summed E-state index contributed by atoms with van der Waals surface area (Å²) < 4.78 is 42.0. The van der Waals surface area contributed by atoms with E-state index in [9.17, 15) is 18.0 Å². The molecule has 0 amide bonds. The standard InChI is InChI=1S/C18H15F3N2O/c1-10(2)17(24)9-23-8-15(21)18-16(23)6-12(7-22-18)11-3-4-13(19)14(20)5-11/h3-8,10H,9H2,1-2H3. The van der Waals surface area contributed by atoms with Gasteiger partial charge in [0, 0.05) is 23.9 Å². The average molecular weight is 332 g/mol. The summed E-state index contributed by atoms with van der Waals surface area (Å²) in [5.74, 6) is -2.65. The first-order chi connectivity index (χ1) is 11.4. The molecule has 3 rings (SSSR count). The van der Waals surface area contributed by atoms with E-state index in [2.05, 4.69) is 4.98 Å². The van der Waals surface area contributed by atoms with Gasteiger partial charge >= 0.3 is 0 Å². The van der Waals surface area contributed by atoms with Crippen LogP contribution < -0.4 is 0 Å². The van der Waals surface area contributed by atoms with Crippen molar-refractivity contribution in [1.29, 1.82) is 0 Å². The fraction of sp³-hybridized carbons (Fsp3) is 0.222. The Morgan fingerprint density at radius 3 is 2.50 bits per heavy atom. The van der Waals surface area contributed by atoms with E-state index in [0.29, 0.717) is 16.6 Å². The average Bonchev–Trinajstić information content (AvgIpc) is 2.85. The Morgan fingerprint density at radius 2 is 1.83 bits per heavy atom. The number of hydrogen-bond donors (Lipinski definition) is 0. The minimum absolute atomic E-state index is 0.0288. The van der Waals surface area contributed by atoms with Gasteiger partial charge in [-0.05, 0) is 23.8 Å². The summed E-state index contributed by atoms with van der Waals surface area (Å²) in [5.41, 5.74) is 1.51. The summed E-state index contributed by atoms with van der Waals surface area (Å²) in [7, 11) is 0. The third-order valence-electron chi connectivity index (χ3n) is 3.90. The number of carbonyl (C=O) groups is 1. The van der Waals surface area contributed by atoms with Gasteiger partial charge in [0.25, 0.3) is 0 Å². The van der Waals surface area contributed by atoms with Gasteiger partial charge in [-0.25, -0.2) is 13.2 Å². The van der Waals surface area contributed by atoms with E-state index in [0.717, 1.165) is 12.1 Å². The highest BCUT2D eigenvalue weighted by molar-refractivity contribution is 5.85. The van der Waals surface area contributed by atoms with Crippen LogP contribution in [0, 0.1) is 23.4 Å². The Balaban J connectivity index is 2.09. The third-order valence-corrected chi connectivity index (χ3v) is 3.90. The molecule has 0 fully saturated rings. The Morgan fingerprint density at radius 1 is 1.08 bits per heavy atom. The number of benzene rings is 1. The number of fused-ring (bicyclic) bond motifs is 1. The lowest BCUT2D eigenvalue weighted by Gasteiger charge is -2.08. The van der Waals surface area contributed by atoms with E-state index in [1.165, 1.54) is 23.0 Å². The van der Waals surface area contributed by atoms with Crippen molar-refractivity contribution in [2.24, 2.45) is 5.92 Å². The summed E-state index contributed by atoms with van der Waals surface area (Å²) in [6.45, 7) is 3.58. The maximum Gasteiger partial charge on any atom is 0.167 e. The lowest BCUT2D eigenvalue weighted by Crippen LogP contribution is -2.14. The second-order valence-corrected chi connectivity index (χ2v) is 5.95. The molecule has 124 valence electrons. The molecule has 1 aromatic carbocycles. The van der Waals surface area contributed by atoms with Crippen molar-refractivity contribution in [3.05, 3.63) is 54.1 Å². The molecule has 0 saturated carbocycles. The molecule has 0 saturated heterocycles. The maximum absolute atomic E-state index is 14.0. The van der Waals surface area contributed by atoms with E-state index in [1.807, 2.05) is 0 Å². The number of ketones is 1. The predicted octanol–water partition coefficient (Wildman–Crippen LogP) is 4.35. The Hall–Kier alpha value is -2.63. The molecule has 0 N–H and O–H groups in total. The molecular formula is C18H15F3N2O. The van der Waals surface area contributed by atoms with E-state index >= 15 is 0 Å². The zero-order valence-electron chi connectivity index (χ0n) is 13.2. The highest BCUT2D eigenvalue weighted by Crippen LogP contribution is 2.26. The number of aromatic nitrogens is 2. The van der Waals surface area contributed by atoms with Gasteiger partial charge in [0.1, 0.15) is 5.52 Å². The van der Waals surface area contributed by atoms with Crippen LogP contribution in [0.2, 0.25) is 0 Å². The summed E-state index contributed by atoms with van der Waals surface area (Å²) in [6.07, 6.45) is 2.62. The van der Waals surface area contributed by atoms with Crippen LogP contribution in [0.5, 0.6) is 0 Å². The number of pyridine rings is 1. The maximum atomic E-state index is 14.0. The first kappa shape index (κ1) is 16.2. The molecule has 0 atom stereocenters. The molecule has 0 aliphatic heterocycles. The molecule has 24 heavy (non-hydrogen) atoms. The number of hydrogen-bond acceptors (Lipinski definition) is 2. The van der Waals surface area contributed by atoms with Gasteiger partial charge in [-0.1, -0.05) is 19.9 Å². The Bertz CT molecular complexity index is 931. The van der Waals surface area contributed by atoms with Gasteiger partial charge in [-0.3, -0.25) is 9.78 Å². The van der Waals surface area contributed by atoms with E-state index in [-0.39, 0.29) is 23.8 Å². The lowest BCUT2D eigenvalue weighted by atomic mass is 10.1. The molecule has 2 heterocycles. The van der Waals surface area contributed by atoms with Crippen molar-refractivity contribution in [3.8, 4) is 11.1 Å². The van der Waals surface area contributed by atoms with Crippen molar-refractivity contribution >= 4 is 16.8 Å². The van der Waals surface area contributed by atoms with Crippen LogP contribution in [-0.4, -0.2) is 15.3 Å². The molecule has 3 nitrogen and oxygen atoms in total. The van der Waals surface area contributed by atoms with Crippen molar-refractivity contribution in [2.75, 3.05) is 0 Å². The quantitative estimate of drug-likeness (QED) is 0.712. The first-order valence-corrected chi connectivity index (χ1v) is 7.49. The summed E-state index contributed by atoms with van der Waals surface area (Å²) in [5, 5.41) is 0. The molecule has 0 unspecified atom stereocenters. The van der Waals surface area contributed by atoms with Crippen LogP contribution in [0.25, 0.3) is 22.2 Å². The molecule has 0 aliphatic rings. The normalized spacial score (nSPS) is 11.4. The van der Waals surface area contributed by atoms with Gasteiger partial charge in [0.2, 0.25) is 0 Å². The molecular weight excluding hydrogens is 317 g/mol. The monoisotopic (exact) mass is 332 g/mol. The second kappa shape index (κ2) is 6.11. The van der Waals surface area contributed by atoms with Crippen molar-refractivity contribution in [1.82, 2.24) is 9.55 Å². The Kier molecular flexibility index (Phi) is 4.13. The van der Waals surface area contributed by atoms with Crippen molar-refractivity contribution in [2.45, 2.75) is 20.4 Å². The van der Waals surface area contributed by atoms with Crippen LogP contribution in [0.15, 0.2) is 36.7 Å². The van der Waals surface area contributed by atoms with Gasteiger partial charge in [-0.2, -0.15) is 0 Å². The van der Waals surface area contributed by atoms with E-state index < -0.39 is 17.5 Å². The lowest BCUT2D eigenvalue weighted by molar-refractivity contribution is -0.122. The minimum Gasteiger partial charge on any atom is -0.336 e. The zero-order chi connectivity index (χ0) is 17.4. The largest absolute Gasteiger partial charge is 0.336 e. The molecule has 0 spiro atoms. The van der Waals surface area contributed by atoms with Gasteiger partial charge in [0.05, 0.1) is 12.1 Å². The van der Waals surface area contributed by atoms with Gasteiger partial charge in [-0.15, -0.1) is 0 Å². The highest BCUT2D eigenvalue weighted by Gasteiger charge is 2.15. The fourth-order valence-electron chi connectivity index (χ4n) is 2.44. The minimum atomic E-state index is -0.968. The number of nitrogens with zero attached hydrogens (tertiary/aromatic N) is 2. The van der Waals surface area contributed by atoms with Crippen LogP contribution in [0.3, 0.4) is 0 Å². The number of Topliss-reactive ketones (excluding diaryl/α,β-unsaturated/α-hetero) is 1. The van der Waals surface area contributed by atoms with Crippen LogP contribution >= 0.6 is 0 Å². The van der Waals surface area contributed by atoms with Crippen LogP contribution in [0.4, 0.5) is 13.2 Å². The summed E-state index contributed by atoms with van der Waals surface area (Å²) >= 11 is 0. The van der Waals surface area contributed by atoms with E-state index in [4.69, 9.17) is 0 Å². The SMILES string of the molecule is CC(C)C(=O)Cn1cc(F)c2ncc(-c3ccc(F)c(F)c3)cc21. The first-order valence-electron chi connectivity index (χ1n) is 7.49. The zero-order valence-corrected chi connectivity index (χ0v) is 13.2. The molecule has 0 bridgehead atoms. The predicted molar refractivity (Wildman–Crippen MR) is 84.9 cm³/mol. The summed E-state index contributed by atoms with van der Waals surface area (Å²) in [6, 6.07) is 5.12. The van der Waals surface area contributed by atoms with E-state index in [1.54, 1.807) is 19.9 Å². The highest BCUT2D eigenvalue weighted by atomic mass is 19.2. The topological polar surface area (TPSA) is 34.9 Å². The van der Waals surface area contributed by atoms with Gasteiger partial charge < -0.3 is 4.57 Å². The second-order valence-electron chi connectivity index (χ2n) is 5.95. The third kappa shape index (κ3) is 2.91. The van der Waals surface area contributed by atoms with Crippen LogP contribution in [0.1, 0.15) is 13.8 Å². The van der Waals surface area contributed by atoms with Crippen LogP contribution in [-0.2, 0) is 11.3 Å². The van der Waals surface area contributed by atoms with Gasteiger partial charge in [0.15, 0.2) is 23.2 Å². The molecule has 2 aromatic heterocycles. The van der Waals surface area contributed by atoms with Crippen molar-refractivity contribution < 1.29 is 18.0 Å². The molecule has 0 aliphatic carbocycles. The molecule has 6 heteroatoms. The number of carbonyl (C=O) groups excluding carboxylic acids is 1. The molecule has 0 radical (unpaired) electrons. The number of rotatable bonds is 4. The smallest absolute Gasteiger partial charge is 0.167 e. The number of halogens is 3. The van der Waals surface area contributed by atoms with Crippen molar-refractivity contribution in [3.63, 3.8) is 0 Å². The fourth-order valence-corrected chi connectivity index (χ4v) is 2.44. The Labute approximate surface area is 136 Å².